The van der Waals surface area contributed by atoms with Crippen LogP contribution in [0.3, 0.4) is 0 Å². The zero-order valence-corrected chi connectivity index (χ0v) is 12.0. The molecule has 2 heterocycles. The van der Waals surface area contributed by atoms with Crippen LogP contribution in [-0.2, 0) is 13.1 Å². The van der Waals surface area contributed by atoms with Crippen LogP contribution < -0.4 is 5.73 Å². The van der Waals surface area contributed by atoms with Crippen molar-refractivity contribution in [2.45, 2.75) is 13.1 Å². The molecule has 0 atom stereocenters. The van der Waals surface area contributed by atoms with E-state index in [0.717, 1.165) is 22.4 Å². The van der Waals surface area contributed by atoms with Gasteiger partial charge in [0.1, 0.15) is 0 Å². The summed E-state index contributed by atoms with van der Waals surface area (Å²) in [6, 6.07) is 14.5. The molecule has 2 N–H and O–H groups in total. The Kier molecular flexibility index (Phi) is 3.36. The standard InChI is InChI=1S/C15H14BrN3/c16-12-5-6-13(18-9-12)10-19-14(8-17)7-11-3-1-2-4-15(11)19/h1-7,9H,8,10,17H2. The number of hydrogen-bond donors (Lipinski definition) is 1. The Hall–Kier alpha value is -1.65. The van der Waals surface area contributed by atoms with E-state index in [1.54, 1.807) is 0 Å². The van der Waals surface area contributed by atoms with E-state index < -0.39 is 0 Å². The van der Waals surface area contributed by atoms with Crippen molar-refractivity contribution < 1.29 is 0 Å². The van der Waals surface area contributed by atoms with E-state index in [1.807, 2.05) is 30.5 Å². The van der Waals surface area contributed by atoms with Crippen molar-refractivity contribution in [3.63, 3.8) is 0 Å². The molecule has 4 heteroatoms. The average Bonchev–Trinajstić information content (AvgIpc) is 2.79. The molecule has 0 bridgehead atoms. The molecule has 0 saturated heterocycles. The van der Waals surface area contributed by atoms with Gasteiger partial charge in [0.2, 0.25) is 0 Å². The van der Waals surface area contributed by atoms with E-state index in [1.165, 1.54) is 10.9 Å². The third-order valence-corrected chi connectivity index (χ3v) is 3.68. The number of aromatic nitrogens is 2. The monoisotopic (exact) mass is 315 g/mol. The molecule has 3 nitrogen and oxygen atoms in total. The smallest absolute Gasteiger partial charge is 0.0651 e. The first kappa shape index (κ1) is 12.4. The Morgan fingerprint density at radius 2 is 2.00 bits per heavy atom. The zero-order valence-electron chi connectivity index (χ0n) is 10.4. The van der Waals surface area contributed by atoms with Crippen molar-refractivity contribution in [1.29, 1.82) is 0 Å². The molecule has 0 aliphatic carbocycles. The van der Waals surface area contributed by atoms with Crippen LogP contribution in [-0.4, -0.2) is 9.55 Å². The van der Waals surface area contributed by atoms with Gasteiger partial charge in [0.25, 0.3) is 0 Å². The van der Waals surface area contributed by atoms with Gasteiger partial charge in [-0.3, -0.25) is 4.98 Å². The van der Waals surface area contributed by atoms with Gasteiger partial charge in [-0.2, -0.15) is 0 Å². The molecule has 96 valence electrons. The summed E-state index contributed by atoms with van der Waals surface area (Å²) in [4.78, 5) is 4.43. The Morgan fingerprint density at radius 3 is 2.74 bits per heavy atom. The lowest BCUT2D eigenvalue weighted by atomic mass is 10.2. The molecule has 0 amide bonds. The van der Waals surface area contributed by atoms with E-state index in [-0.39, 0.29) is 0 Å². The minimum atomic E-state index is 0.533. The van der Waals surface area contributed by atoms with Crippen molar-refractivity contribution in [1.82, 2.24) is 9.55 Å². The van der Waals surface area contributed by atoms with Gasteiger partial charge in [-0.25, -0.2) is 0 Å². The van der Waals surface area contributed by atoms with Crippen molar-refractivity contribution >= 4 is 26.8 Å². The van der Waals surface area contributed by atoms with Crippen LogP contribution in [0.5, 0.6) is 0 Å². The predicted octanol–water partition coefficient (Wildman–Crippen LogP) is 3.31. The van der Waals surface area contributed by atoms with Gasteiger partial charge in [-0.1, -0.05) is 18.2 Å². The molecule has 19 heavy (non-hydrogen) atoms. The second kappa shape index (κ2) is 5.15. The molecule has 3 rings (SSSR count). The van der Waals surface area contributed by atoms with Crippen LogP contribution >= 0.6 is 15.9 Å². The molecule has 1 aromatic carbocycles. The van der Waals surface area contributed by atoms with Crippen LogP contribution in [0.4, 0.5) is 0 Å². The van der Waals surface area contributed by atoms with Crippen LogP contribution in [0, 0.1) is 0 Å². The maximum absolute atomic E-state index is 5.84. The molecule has 0 spiro atoms. The van der Waals surface area contributed by atoms with E-state index in [0.29, 0.717) is 6.54 Å². The highest BCUT2D eigenvalue weighted by molar-refractivity contribution is 9.10. The summed E-state index contributed by atoms with van der Waals surface area (Å²) >= 11 is 3.40. The Labute approximate surface area is 120 Å². The minimum absolute atomic E-state index is 0.533. The van der Waals surface area contributed by atoms with Crippen molar-refractivity contribution in [3.05, 3.63) is 64.5 Å². The lowest BCUT2D eigenvalue weighted by Gasteiger charge is -2.09. The summed E-state index contributed by atoms with van der Waals surface area (Å²) in [6.07, 6.45) is 1.82. The second-order valence-electron chi connectivity index (χ2n) is 4.45. The molecule has 0 fully saturated rings. The third kappa shape index (κ3) is 2.41. The number of nitrogens with two attached hydrogens (primary N) is 1. The normalized spacial score (nSPS) is 11.1. The SMILES string of the molecule is NCc1cc2ccccc2n1Cc1ccc(Br)cn1. The van der Waals surface area contributed by atoms with Crippen molar-refractivity contribution in [3.8, 4) is 0 Å². The maximum atomic E-state index is 5.84. The number of benzene rings is 1. The minimum Gasteiger partial charge on any atom is -0.337 e. The van der Waals surface area contributed by atoms with Gasteiger partial charge < -0.3 is 10.3 Å². The highest BCUT2D eigenvalue weighted by Gasteiger charge is 2.08. The number of halogens is 1. The number of rotatable bonds is 3. The molecular weight excluding hydrogens is 302 g/mol. The summed E-state index contributed by atoms with van der Waals surface area (Å²) in [5, 5.41) is 1.22. The molecule has 0 aliphatic heterocycles. The molecule has 3 aromatic rings. The summed E-state index contributed by atoms with van der Waals surface area (Å²) in [6.45, 7) is 1.28. The number of pyridine rings is 1. The first-order valence-corrected chi connectivity index (χ1v) is 6.95. The lowest BCUT2D eigenvalue weighted by Crippen LogP contribution is -2.09. The van der Waals surface area contributed by atoms with E-state index in [4.69, 9.17) is 5.73 Å². The molecule has 0 radical (unpaired) electrons. The van der Waals surface area contributed by atoms with Gasteiger partial charge in [-0.15, -0.1) is 0 Å². The maximum Gasteiger partial charge on any atom is 0.0651 e. The van der Waals surface area contributed by atoms with Crippen LogP contribution in [0.15, 0.2) is 53.1 Å². The number of nitrogens with zero attached hydrogens (tertiary/aromatic N) is 2. The fourth-order valence-corrected chi connectivity index (χ4v) is 2.52. The fraction of sp³-hybridized carbons (Fsp3) is 0.133. The molecular formula is C15H14BrN3. The van der Waals surface area contributed by atoms with Crippen LogP contribution in [0.25, 0.3) is 10.9 Å². The molecule has 2 aromatic heterocycles. The predicted molar refractivity (Wildman–Crippen MR) is 80.9 cm³/mol. The van der Waals surface area contributed by atoms with Gasteiger partial charge in [0.05, 0.1) is 12.2 Å². The Bertz CT molecular complexity index is 701. The topological polar surface area (TPSA) is 43.8 Å². The van der Waals surface area contributed by atoms with Crippen molar-refractivity contribution in [2.24, 2.45) is 5.73 Å². The summed E-state index contributed by atoms with van der Waals surface area (Å²) in [5.41, 5.74) is 9.20. The summed E-state index contributed by atoms with van der Waals surface area (Å²) in [7, 11) is 0. The lowest BCUT2D eigenvalue weighted by molar-refractivity contribution is 0.749. The summed E-state index contributed by atoms with van der Waals surface area (Å²) < 4.78 is 3.22. The second-order valence-corrected chi connectivity index (χ2v) is 5.37. The third-order valence-electron chi connectivity index (χ3n) is 3.21. The first-order chi connectivity index (χ1) is 9.28. The number of fused-ring (bicyclic) bond motifs is 1. The number of hydrogen-bond acceptors (Lipinski definition) is 2. The largest absolute Gasteiger partial charge is 0.337 e. The molecule has 0 saturated carbocycles. The van der Waals surface area contributed by atoms with Gasteiger partial charge >= 0.3 is 0 Å². The molecule has 0 unspecified atom stereocenters. The van der Waals surface area contributed by atoms with Gasteiger partial charge in [0.15, 0.2) is 0 Å². The van der Waals surface area contributed by atoms with Crippen molar-refractivity contribution in [2.75, 3.05) is 0 Å². The average molecular weight is 316 g/mol. The fourth-order valence-electron chi connectivity index (χ4n) is 2.29. The van der Waals surface area contributed by atoms with E-state index in [2.05, 4.69) is 43.7 Å². The highest BCUT2D eigenvalue weighted by Crippen LogP contribution is 2.21. The highest BCUT2D eigenvalue weighted by atomic mass is 79.9. The first-order valence-electron chi connectivity index (χ1n) is 6.15. The zero-order chi connectivity index (χ0) is 13.2. The van der Waals surface area contributed by atoms with Gasteiger partial charge in [0, 0.05) is 28.4 Å². The van der Waals surface area contributed by atoms with E-state index >= 15 is 0 Å². The van der Waals surface area contributed by atoms with Crippen LogP contribution in [0.1, 0.15) is 11.4 Å². The van der Waals surface area contributed by atoms with Gasteiger partial charge in [-0.05, 0) is 45.6 Å². The van der Waals surface area contributed by atoms with Crippen LogP contribution in [0.2, 0.25) is 0 Å². The molecule has 0 aliphatic rings. The Morgan fingerprint density at radius 1 is 1.16 bits per heavy atom. The number of para-hydroxylation sites is 1. The Balaban J connectivity index is 2.06. The quantitative estimate of drug-likeness (QED) is 0.806. The summed E-state index contributed by atoms with van der Waals surface area (Å²) in [5.74, 6) is 0. The van der Waals surface area contributed by atoms with E-state index in [9.17, 15) is 0 Å².